The first kappa shape index (κ1) is 29.5. The minimum absolute atomic E-state index is 0.0416. The molecule has 0 spiro atoms. The zero-order chi connectivity index (χ0) is 29.7. The van der Waals surface area contributed by atoms with Gasteiger partial charge in [0.05, 0.1) is 31.5 Å². The number of urea groups is 1. The highest BCUT2D eigenvalue weighted by molar-refractivity contribution is 14.1. The van der Waals surface area contributed by atoms with E-state index in [9.17, 15) is 29.3 Å². The Labute approximate surface area is 251 Å². The largest absolute Gasteiger partial charge is 0.490 e. The molecular formula is C27H20ClIN4O8. The molecule has 0 aromatic heterocycles. The Kier molecular flexibility index (Phi) is 9.19. The van der Waals surface area contributed by atoms with Crippen molar-refractivity contribution in [1.29, 1.82) is 0 Å². The first-order valence-corrected chi connectivity index (χ1v) is 13.3. The lowest BCUT2D eigenvalue weighted by Gasteiger charge is -2.26. The van der Waals surface area contributed by atoms with E-state index in [0.29, 0.717) is 24.7 Å². The Morgan fingerprint density at radius 3 is 2.49 bits per heavy atom. The molecule has 4 rings (SSSR count). The second kappa shape index (κ2) is 12.8. The number of nitrogens with one attached hydrogen (secondary N) is 2. The van der Waals surface area contributed by atoms with Gasteiger partial charge in [-0.05, 0) is 77.6 Å². The molecule has 2 N–H and O–H groups in total. The maximum Gasteiger partial charge on any atom is 0.335 e. The first-order valence-electron chi connectivity index (χ1n) is 11.9. The molecule has 1 saturated heterocycles. The molecule has 1 fully saturated rings. The van der Waals surface area contributed by atoms with Crippen molar-refractivity contribution in [2.75, 3.05) is 23.4 Å². The monoisotopic (exact) mass is 690 g/mol. The summed E-state index contributed by atoms with van der Waals surface area (Å²) in [6.07, 6.45) is 1.28. The number of para-hydroxylation sites is 1. The number of rotatable bonds is 9. The summed E-state index contributed by atoms with van der Waals surface area (Å²) < 4.78 is 11.9. The number of nitrogens with zero attached hydrogens (tertiary/aromatic N) is 2. The van der Waals surface area contributed by atoms with Crippen LogP contribution in [0.25, 0.3) is 6.08 Å². The van der Waals surface area contributed by atoms with E-state index in [1.165, 1.54) is 24.3 Å². The fraction of sp³-hybridized carbons (Fsp3) is 0.111. The third kappa shape index (κ3) is 6.81. The Morgan fingerprint density at radius 2 is 1.83 bits per heavy atom. The molecule has 0 aliphatic carbocycles. The minimum Gasteiger partial charge on any atom is -0.490 e. The summed E-state index contributed by atoms with van der Waals surface area (Å²) in [5.74, 6) is -1.77. The lowest BCUT2D eigenvalue weighted by atomic mass is 10.1. The van der Waals surface area contributed by atoms with Crippen LogP contribution in [-0.2, 0) is 14.4 Å². The van der Waals surface area contributed by atoms with Crippen LogP contribution >= 0.6 is 34.2 Å². The number of benzene rings is 3. The summed E-state index contributed by atoms with van der Waals surface area (Å²) in [5, 5.41) is 16.1. The number of non-ortho nitro benzene ring substituents is 1. The minimum atomic E-state index is -0.991. The summed E-state index contributed by atoms with van der Waals surface area (Å²) in [7, 11) is 0. The molecule has 5 amide bonds. The van der Waals surface area contributed by atoms with Crippen molar-refractivity contribution < 1.29 is 33.6 Å². The third-order valence-corrected chi connectivity index (χ3v) is 6.69. The number of anilines is 2. The van der Waals surface area contributed by atoms with Gasteiger partial charge in [-0.3, -0.25) is 29.8 Å². The standard InChI is InChI=1S/C27H20ClIN4O8/c1-2-40-22-13-15(12-20(29)24(22)41-14-23(34)30-21-6-4-3-5-19(21)28)11-18-25(35)31-27(37)32(26(18)36)16-7-9-17(10-8-16)33(38)39/h3-13H,2,14H2,1H3,(H,30,34)(H,31,35,37)/b18-11-. The average molecular weight is 691 g/mol. The van der Waals surface area contributed by atoms with E-state index in [4.69, 9.17) is 21.1 Å². The van der Waals surface area contributed by atoms with Crippen molar-refractivity contribution in [1.82, 2.24) is 5.32 Å². The van der Waals surface area contributed by atoms with Gasteiger partial charge < -0.3 is 14.8 Å². The molecule has 210 valence electrons. The number of amides is 5. The highest BCUT2D eigenvalue weighted by Crippen LogP contribution is 2.35. The van der Waals surface area contributed by atoms with Gasteiger partial charge in [0.2, 0.25) is 0 Å². The predicted octanol–water partition coefficient (Wildman–Crippen LogP) is 4.94. The molecule has 1 aliphatic rings. The van der Waals surface area contributed by atoms with Gasteiger partial charge in [0.15, 0.2) is 18.1 Å². The molecule has 0 saturated carbocycles. The fourth-order valence-electron chi connectivity index (χ4n) is 3.74. The van der Waals surface area contributed by atoms with Gasteiger partial charge in [0, 0.05) is 12.1 Å². The van der Waals surface area contributed by atoms with E-state index in [1.807, 2.05) is 22.6 Å². The van der Waals surface area contributed by atoms with Gasteiger partial charge >= 0.3 is 6.03 Å². The second-order valence-corrected chi connectivity index (χ2v) is 9.88. The van der Waals surface area contributed by atoms with Crippen LogP contribution in [0, 0.1) is 13.7 Å². The Morgan fingerprint density at radius 1 is 1.12 bits per heavy atom. The van der Waals surface area contributed by atoms with Crippen LogP contribution in [0.5, 0.6) is 11.5 Å². The van der Waals surface area contributed by atoms with Crippen molar-refractivity contribution in [3.8, 4) is 11.5 Å². The first-order chi connectivity index (χ1) is 19.6. The highest BCUT2D eigenvalue weighted by atomic mass is 127. The Bertz CT molecular complexity index is 1590. The van der Waals surface area contributed by atoms with E-state index in [2.05, 4.69) is 10.6 Å². The molecule has 0 atom stereocenters. The topological polar surface area (TPSA) is 157 Å². The summed E-state index contributed by atoms with van der Waals surface area (Å²) in [6.45, 7) is 1.65. The smallest absolute Gasteiger partial charge is 0.335 e. The van der Waals surface area contributed by atoms with E-state index in [0.717, 1.165) is 12.1 Å². The fourth-order valence-corrected chi connectivity index (χ4v) is 4.71. The van der Waals surface area contributed by atoms with Crippen LogP contribution in [0.15, 0.2) is 66.2 Å². The van der Waals surface area contributed by atoms with E-state index < -0.39 is 28.7 Å². The average Bonchev–Trinajstić information content (AvgIpc) is 2.92. The molecule has 0 bridgehead atoms. The zero-order valence-electron chi connectivity index (χ0n) is 21.2. The van der Waals surface area contributed by atoms with E-state index in [1.54, 1.807) is 37.3 Å². The van der Waals surface area contributed by atoms with Crippen molar-refractivity contribution in [3.05, 3.63) is 90.5 Å². The molecule has 1 heterocycles. The number of ether oxygens (including phenoxy) is 2. The number of halogens is 2. The molecule has 14 heteroatoms. The number of hydrogen-bond donors (Lipinski definition) is 2. The maximum atomic E-state index is 13.2. The normalized spacial score (nSPS) is 14.1. The van der Waals surface area contributed by atoms with Gasteiger partial charge in [0.1, 0.15) is 5.57 Å². The molecule has 41 heavy (non-hydrogen) atoms. The third-order valence-electron chi connectivity index (χ3n) is 5.56. The van der Waals surface area contributed by atoms with Crippen LogP contribution in [0.4, 0.5) is 21.9 Å². The van der Waals surface area contributed by atoms with Crippen LogP contribution in [0.3, 0.4) is 0 Å². The number of nitro groups is 1. The second-order valence-electron chi connectivity index (χ2n) is 8.31. The highest BCUT2D eigenvalue weighted by Gasteiger charge is 2.37. The SMILES string of the molecule is CCOc1cc(/C=C2/C(=O)NC(=O)N(c3ccc([N+](=O)[O-])cc3)C2=O)cc(I)c1OCC(=O)Nc1ccccc1Cl. The maximum absolute atomic E-state index is 13.2. The molecule has 1 aliphatic heterocycles. The van der Waals surface area contributed by atoms with E-state index in [-0.39, 0.29) is 41.7 Å². The molecular weight excluding hydrogens is 671 g/mol. The lowest BCUT2D eigenvalue weighted by Crippen LogP contribution is -2.54. The number of imide groups is 2. The molecule has 3 aromatic rings. The van der Waals surface area contributed by atoms with Crippen LogP contribution in [0.2, 0.25) is 5.02 Å². The summed E-state index contributed by atoms with van der Waals surface area (Å²) >= 11 is 8.05. The van der Waals surface area contributed by atoms with Gasteiger partial charge in [-0.25, -0.2) is 9.69 Å². The summed E-state index contributed by atoms with van der Waals surface area (Å²) in [6, 6.07) is 13.6. The number of barbiturate groups is 1. The van der Waals surface area contributed by atoms with E-state index >= 15 is 0 Å². The quantitative estimate of drug-likeness (QED) is 0.105. The molecule has 0 unspecified atom stereocenters. The molecule has 12 nitrogen and oxygen atoms in total. The predicted molar refractivity (Wildman–Crippen MR) is 158 cm³/mol. The number of carbonyl (C=O) groups excluding carboxylic acids is 4. The van der Waals surface area contributed by atoms with Crippen LogP contribution in [0.1, 0.15) is 12.5 Å². The Balaban J connectivity index is 1.58. The number of nitro benzene ring substituents is 1. The Hall–Kier alpha value is -4.50. The van der Waals surface area contributed by atoms with Gasteiger partial charge in [-0.15, -0.1) is 0 Å². The number of carbonyl (C=O) groups is 4. The van der Waals surface area contributed by atoms with Gasteiger partial charge in [0.25, 0.3) is 23.4 Å². The van der Waals surface area contributed by atoms with Crippen LogP contribution < -0.4 is 25.0 Å². The number of hydrogen-bond acceptors (Lipinski definition) is 8. The molecule has 3 aromatic carbocycles. The van der Waals surface area contributed by atoms with Crippen molar-refractivity contribution >= 4 is 81.1 Å². The van der Waals surface area contributed by atoms with Crippen LogP contribution in [-0.4, -0.2) is 41.9 Å². The zero-order valence-corrected chi connectivity index (χ0v) is 24.1. The summed E-state index contributed by atoms with van der Waals surface area (Å²) in [5.41, 5.74) is 0.268. The molecule has 0 radical (unpaired) electrons. The van der Waals surface area contributed by atoms with Crippen molar-refractivity contribution in [2.45, 2.75) is 6.92 Å². The van der Waals surface area contributed by atoms with Crippen molar-refractivity contribution in [3.63, 3.8) is 0 Å². The lowest BCUT2D eigenvalue weighted by molar-refractivity contribution is -0.384. The van der Waals surface area contributed by atoms with Crippen molar-refractivity contribution in [2.24, 2.45) is 0 Å². The van der Waals surface area contributed by atoms with Gasteiger partial charge in [-0.2, -0.15) is 0 Å². The summed E-state index contributed by atoms with van der Waals surface area (Å²) in [4.78, 5) is 61.8. The van der Waals surface area contributed by atoms with Gasteiger partial charge in [-0.1, -0.05) is 23.7 Å².